The van der Waals surface area contributed by atoms with Crippen LogP contribution in [0.15, 0.2) is 41.3 Å². The second kappa shape index (κ2) is 7.84. The van der Waals surface area contributed by atoms with Gasteiger partial charge in [0, 0.05) is 23.4 Å². The van der Waals surface area contributed by atoms with Crippen molar-refractivity contribution < 1.29 is 23.1 Å². The van der Waals surface area contributed by atoms with E-state index in [1.54, 1.807) is 38.1 Å². The summed E-state index contributed by atoms with van der Waals surface area (Å²) in [4.78, 5) is 22.8. The number of aliphatic carboxylic acids is 1. The monoisotopic (exact) mass is 378 g/mol. The van der Waals surface area contributed by atoms with E-state index in [4.69, 9.17) is 0 Å². The molecule has 0 aromatic heterocycles. The molecule has 0 unspecified atom stereocenters. The van der Waals surface area contributed by atoms with E-state index in [-0.39, 0.29) is 16.7 Å². The van der Waals surface area contributed by atoms with Crippen molar-refractivity contribution in [2.75, 3.05) is 5.32 Å². The van der Waals surface area contributed by atoms with Crippen LogP contribution in [-0.4, -0.2) is 31.4 Å². The Hall–Kier alpha value is -2.45. The number of carbonyl (C=O) groups excluding carboxylic acids is 1. The fraction of sp³-hybridized carbons (Fsp3) is 0.333. The van der Waals surface area contributed by atoms with Gasteiger partial charge in [0.2, 0.25) is 15.9 Å². The van der Waals surface area contributed by atoms with Gasteiger partial charge in [0.1, 0.15) is 6.04 Å². The van der Waals surface area contributed by atoms with E-state index in [0.29, 0.717) is 22.9 Å². The van der Waals surface area contributed by atoms with Crippen LogP contribution in [0.25, 0.3) is 10.8 Å². The van der Waals surface area contributed by atoms with Gasteiger partial charge in [-0.05, 0) is 18.1 Å². The molecule has 0 aliphatic carbocycles. The lowest BCUT2D eigenvalue weighted by molar-refractivity contribution is -0.140. The van der Waals surface area contributed by atoms with Crippen molar-refractivity contribution in [1.82, 2.24) is 4.72 Å². The highest BCUT2D eigenvalue weighted by Crippen LogP contribution is 2.30. The summed E-state index contributed by atoms with van der Waals surface area (Å²) in [5, 5.41) is 13.0. The third-order valence-corrected chi connectivity index (χ3v) is 5.74. The Morgan fingerprint density at radius 3 is 2.27 bits per heavy atom. The average Bonchev–Trinajstić information content (AvgIpc) is 2.58. The summed E-state index contributed by atoms with van der Waals surface area (Å²) in [5.41, 5.74) is 0.490. The zero-order valence-corrected chi connectivity index (χ0v) is 15.6. The first-order chi connectivity index (χ1) is 12.2. The maximum Gasteiger partial charge on any atom is 0.322 e. The number of carboxylic acids is 1. The average molecular weight is 378 g/mol. The maximum absolute atomic E-state index is 12.9. The lowest BCUT2D eigenvalue weighted by Gasteiger charge is -2.21. The predicted octanol–water partition coefficient (Wildman–Crippen LogP) is 2.58. The number of nitrogens with one attached hydrogen (secondary N) is 2. The fourth-order valence-electron chi connectivity index (χ4n) is 2.68. The molecule has 2 rings (SSSR count). The molecule has 2 aromatic rings. The molecule has 26 heavy (non-hydrogen) atoms. The van der Waals surface area contributed by atoms with Gasteiger partial charge in [-0.25, -0.2) is 8.42 Å². The summed E-state index contributed by atoms with van der Waals surface area (Å²) in [6, 6.07) is 8.37. The number of fused-ring (bicyclic) bond motifs is 1. The minimum atomic E-state index is -4.07. The van der Waals surface area contributed by atoms with Crippen molar-refractivity contribution in [3.63, 3.8) is 0 Å². The highest BCUT2D eigenvalue weighted by molar-refractivity contribution is 7.89. The van der Waals surface area contributed by atoms with Crippen LogP contribution in [0.5, 0.6) is 0 Å². The number of carboxylic acid groups (broad SMARTS) is 1. The van der Waals surface area contributed by atoms with Crippen molar-refractivity contribution in [3.05, 3.63) is 36.4 Å². The van der Waals surface area contributed by atoms with Crippen LogP contribution in [0.3, 0.4) is 0 Å². The molecule has 1 amide bonds. The maximum atomic E-state index is 12.9. The van der Waals surface area contributed by atoms with E-state index in [1.165, 1.54) is 19.1 Å². The summed E-state index contributed by atoms with van der Waals surface area (Å²) >= 11 is 0. The number of anilines is 1. The molecule has 0 aliphatic rings. The van der Waals surface area contributed by atoms with Crippen molar-refractivity contribution in [2.24, 2.45) is 5.92 Å². The number of carbonyl (C=O) groups is 2. The molecule has 0 saturated heterocycles. The first-order valence-corrected chi connectivity index (χ1v) is 9.70. The first kappa shape index (κ1) is 19.9. The third kappa shape index (κ3) is 4.20. The Balaban J connectivity index is 2.55. The molecule has 3 N–H and O–H groups in total. The van der Waals surface area contributed by atoms with Crippen molar-refractivity contribution in [1.29, 1.82) is 0 Å². The lowest BCUT2D eigenvalue weighted by atomic mass is 10.0. The van der Waals surface area contributed by atoms with Gasteiger partial charge in [-0.3, -0.25) is 9.59 Å². The quantitative estimate of drug-likeness (QED) is 0.685. The Kier molecular flexibility index (Phi) is 5.99. The molecule has 0 aliphatic heterocycles. The Morgan fingerprint density at radius 2 is 1.73 bits per heavy atom. The molecule has 140 valence electrons. The van der Waals surface area contributed by atoms with Crippen molar-refractivity contribution >= 4 is 38.4 Å². The van der Waals surface area contributed by atoms with E-state index in [9.17, 15) is 23.1 Å². The molecule has 0 fully saturated rings. The molecule has 2 aromatic carbocycles. The molecule has 0 radical (unpaired) electrons. The van der Waals surface area contributed by atoms with E-state index in [0.717, 1.165) is 0 Å². The second-order valence-electron chi connectivity index (χ2n) is 6.16. The molecule has 0 saturated carbocycles. The zero-order chi connectivity index (χ0) is 19.5. The summed E-state index contributed by atoms with van der Waals surface area (Å²) < 4.78 is 28.0. The van der Waals surface area contributed by atoms with Crippen LogP contribution in [0.1, 0.15) is 27.2 Å². The number of rotatable bonds is 7. The van der Waals surface area contributed by atoms with Crippen molar-refractivity contribution in [3.8, 4) is 0 Å². The highest BCUT2D eigenvalue weighted by Gasteiger charge is 2.30. The van der Waals surface area contributed by atoms with Crippen LogP contribution < -0.4 is 10.0 Å². The van der Waals surface area contributed by atoms with E-state index in [1.807, 2.05) is 0 Å². The van der Waals surface area contributed by atoms with Gasteiger partial charge in [-0.2, -0.15) is 4.72 Å². The van der Waals surface area contributed by atoms with E-state index >= 15 is 0 Å². The zero-order valence-electron chi connectivity index (χ0n) is 14.8. The van der Waals surface area contributed by atoms with Gasteiger partial charge in [-0.15, -0.1) is 0 Å². The van der Waals surface area contributed by atoms with Gasteiger partial charge >= 0.3 is 5.97 Å². The molecule has 7 nitrogen and oxygen atoms in total. The smallest absolute Gasteiger partial charge is 0.322 e. The van der Waals surface area contributed by atoms with Gasteiger partial charge in [0.05, 0.1) is 4.90 Å². The highest BCUT2D eigenvalue weighted by atomic mass is 32.2. The van der Waals surface area contributed by atoms with Crippen LogP contribution in [0.2, 0.25) is 0 Å². The van der Waals surface area contributed by atoms with Crippen LogP contribution in [0, 0.1) is 5.92 Å². The summed E-state index contributed by atoms with van der Waals surface area (Å²) in [5.74, 6) is -1.86. The molecular weight excluding hydrogens is 356 g/mol. The first-order valence-electron chi connectivity index (χ1n) is 8.21. The number of benzene rings is 2. The lowest BCUT2D eigenvalue weighted by Crippen LogP contribution is -2.44. The Morgan fingerprint density at radius 1 is 1.12 bits per heavy atom. The van der Waals surface area contributed by atoms with E-state index in [2.05, 4.69) is 10.0 Å². The predicted molar refractivity (Wildman–Crippen MR) is 99.5 cm³/mol. The Labute approximate surface area is 152 Å². The molecule has 0 heterocycles. The fourth-order valence-corrected chi connectivity index (χ4v) is 4.19. The number of hydrogen-bond acceptors (Lipinski definition) is 4. The number of sulfonamides is 1. The summed E-state index contributed by atoms with van der Waals surface area (Å²) in [6.07, 6.45) is 0.516. The van der Waals surface area contributed by atoms with Gasteiger partial charge in [0.15, 0.2) is 0 Å². The number of amides is 1. The minimum Gasteiger partial charge on any atom is -0.480 e. The molecule has 2 atom stereocenters. The Bertz CT molecular complexity index is 940. The molecule has 8 heteroatoms. The number of hydrogen-bond donors (Lipinski definition) is 3. The van der Waals surface area contributed by atoms with Gasteiger partial charge in [-0.1, -0.05) is 44.5 Å². The summed E-state index contributed by atoms with van der Waals surface area (Å²) in [6.45, 7) is 4.84. The van der Waals surface area contributed by atoms with Crippen LogP contribution in [0.4, 0.5) is 5.69 Å². The standard InChI is InChI=1S/C18H22N2O5S/c1-4-11(2)17(18(22)23)20-26(24,25)16-10-9-15(19-12(3)21)13-7-5-6-8-14(13)16/h5-11,17,20H,4H2,1-3H3,(H,19,21)(H,22,23)/t11-,17-/m0/s1. The van der Waals surface area contributed by atoms with Crippen molar-refractivity contribution in [2.45, 2.75) is 38.1 Å². The molecular formula is C18H22N2O5S. The van der Waals surface area contributed by atoms with Gasteiger partial charge in [0.25, 0.3) is 0 Å². The topological polar surface area (TPSA) is 113 Å². The SMILES string of the molecule is CC[C@H](C)[C@H](NS(=O)(=O)c1ccc(NC(C)=O)c2ccccc12)C(=O)O. The largest absolute Gasteiger partial charge is 0.480 e. The van der Waals surface area contributed by atoms with Crippen LogP contribution >= 0.6 is 0 Å². The van der Waals surface area contributed by atoms with Gasteiger partial charge < -0.3 is 10.4 Å². The molecule has 0 spiro atoms. The third-order valence-electron chi connectivity index (χ3n) is 4.25. The molecule has 0 bridgehead atoms. The van der Waals surface area contributed by atoms with Crippen LogP contribution in [-0.2, 0) is 19.6 Å². The summed E-state index contributed by atoms with van der Waals surface area (Å²) in [7, 11) is -4.07. The van der Waals surface area contributed by atoms with E-state index < -0.39 is 22.0 Å². The second-order valence-corrected chi connectivity index (χ2v) is 7.84. The minimum absolute atomic E-state index is 0.0308. The normalized spacial score (nSPS) is 14.0.